The Morgan fingerprint density at radius 2 is 1.67 bits per heavy atom. The van der Waals surface area contributed by atoms with Crippen LogP contribution in [0.25, 0.3) is 11.0 Å². The van der Waals surface area contributed by atoms with Crippen molar-refractivity contribution in [2.45, 2.75) is 24.5 Å². The Morgan fingerprint density at radius 3 is 2.42 bits per heavy atom. The Balaban J connectivity index is 1.85. The Morgan fingerprint density at radius 1 is 1.00 bits per heavy atom. The van der Waals surface area contributed by atoms with Crippen LogP contribution in [0.1, 0.15) is 24.4 Å². The van der Waals surface area contributed by atoms with E-state index in [1.54, 1.807) is 0 Å². The lowest BCUT2D eigenvalue weighted by Crippen LogP contribution is -2.49. The van der Waals surface area contributed by atoms with Crippen LogP contribution in [0.2, 0.25) is 0 Å². The first-order valence-electron chi connectivity index (χ1n) is 8.43. The second kappa shape index (κ2) is 6.00. The van der Waals surface area contributed by atoms with Crippen LogP contribution in [0.5, 0.6) is 0 Å². The first-order chi connectivity index (χ1) is 11.7. The molecule has 5 nitrogen and oxygen atoms in total. The first-order valence-corrected chi connectivity index (χ1v) is 8.43. The molecule has 1 saturated heterocycles. The molecule has 5 heteroatoms. The van der Waals surface area contributed by atoms with Crippen LogP contribution in [-0.4, -0.2) is 50.7 Å². The molecule has 0 spiro atoms. The predicted octanol–water partition coefficient (Wildman–Crippen LogP) is 2.48. The van der Waals surface area contributed by atoms with E-state index < -0.39 is 5.60 Å². The number of hydrogen-bond donors (Lipinski definition) is 1. The van der Waals surface area contributed by atoms with Crippen LogP contribution in [0.3, 0.4) is 0 Å². The van der Waals surface area contributed by atoms with Gasteiger partial charge in [-0.1, -0.05) is 47.7 Å². The summed E-state index contributed by atoms with van der Waals surface area (Å²) in [6, 6.07) is 17.8. The molecule has 3 aromatic rings. The molecule has 1 aromatic heterocycles. The molecule has 0 aliphatic carbocycles. The molecule has 1 aliphatic heterocycles. The van der Waals surface area contributed by atoms with Crippen molar-refractivity contribution in [1.29, 1.82) is 0 Å². The number of likely N-dealkylation sites (tertiary alicyclic amines) is 1. The zero-order valence-electron chi connectivity index (χ0n) is 13.8. The van der Waals surface area contributed by atoms with Crippen LogP contribution in [0, 0.1) is 0 Å². The quantitative estimate of drug-likeness (QED) is 0.805. The van der Waals surface area contributed by atoms with Crippen LogP contribution >= 0.6 is 0 Å². The molecule has 1 N–H and O–H groups in total. The third-order valence-corrected chi connectivity index (χ3v) is 5.10. The molecule has 2 aromatic carbocycles. The highest BCUT2D eigenvalue weighted by Crippen LogP contribution is 2.38. The van der Waals surface area contributed by atoms with E-state index in [0.29, 0.717) is 0 Å². The van der Waals surface area contributed by atoms with Crippen molar-refractivity contribution < 1.29 is 5.11 Å². The number of aromatic nitrogens is 3. The monoisotopic (exact) mass is 322 g/mol. The number of aliphatic hydroxyl groups is 1. The lowest BCUT2D eigenvalue weighted by molar-refractivity contribution is -0.0482. The summed E-state index contributed by atoms with van der Waals surface area (Å²) >= 11 is 0. The molecule has 124 valence electrons. The number of fused-ring (bicyclic) bond motifs is 1. The highest BCUT2D eigenvalue weighted by Gasteiger charge is 2.42. The minimum Gasteiger partial charge on any atom is -0.387 e. The summed E-state index contributed by atoms with van der Waals surface area (Å²) < 4.78 is 1.90. The van der Waals surface area contributed by atoms with Gasteiger partial charge in [0.25, 0.3) is 0 Å². The molecule has 1 aliphatic rings. The van der Waals surface area contributed by atoms with Crippen molar-refractivity contribution in [1.82, 2.24) is 19.9 Å². The van der Waals surface area contributed by atoms with Crippen molar-refractivity contribution in [2.24, 2.45) is 0 Å². The number of rotatable bonds is 3. The maximum Gasteiger partial charge on any atom is 0.113 e. The van der Waals surface area contributed by atoms with Crippen LogP contribution in [0.15, 0.2) is 54.6 Å². The highest BCUT2D eigenvalue weighted by atomic mass is 16.3. The molecule has 1 fully saturated rings. The van der Waals surface area contributed by atoms with E-state index in [2.05, 4.69) is 34.4 Å². The van der Waals surface area contributed by atoms with Crippen LogP contribution < -0.4 is 0 Å². The lowest BCUT2D eigenvalue weighted by Gasteiger charge is -2.42. The zero-order chi connectivity index (χ0) is 16.6. The van der Waals surface area contributed by atoms with E-state index >= 15 is 0 Å². The number of para-hydroxylation sites is 1. The van der Waals surface area contributed by atoms with E-state index in [4.69, 9.17) is 0 Å². The summed E-state index contributed by atoms with van der Waals surface area (Å²) in [6.45, 7) is 1.76. The Bertz CT molecular complexity index is 822. The van der Waals surface area contributed by atoms with Crippen molar-refractivity contribution in [3.63, 3.8) is 0 Å². The summed E-state index contributed by atoms with van der Waals surface area (Å²) in [7, 11) is 2.10. The molecule has 24 heavy (non-hydrogen) atoms. The van der Waals surface area contributed by atoms with Gasteiger partial charge in [0.2, 0.25) is 0 Å². The number of benzene rings is 2. The zero-order valence-corrected chi connectivity index (χ0v) is 13.8. The van der Waals surface area contributed by atoms with E-state index in [9.17, 15) is 5.11 Å². The van der Waals surface area contributed by atoms with Crippen LogP contribution in [-0.2, 0) is 0 Å². The Hall–Kier alpha value is -2.24. The Kier molecular flexibility index (Phi) is 3.82. The first kappa shape index (κ1) is 15.3. The Labute approximate surface area is 141 Å². The van der Waals surface area contributed by atoms with Crippen molar-refractivity contribution in [2.75, 3.05) is 20.1 Å². The smallest absolute Gasteiger partial charge is 0.113 e. The van der Waals surface area contributed by atoms with Crippen molar-refractivity contribution in [3.05, 3.63) is 60.2 Å². The largest absolute Gasteiger partial charge is 0.387 e. The van der Waals surface area contributed by atoms with Gasteiger partial charge in [0.05, 0.1) is 11.1 Å². The topological polar surface area (TPSA) is 54.2 Å². The standard InChI is InChI=1S/C19H22N4O/c1-22-13-11-19(24,12-14-22)18(15-7-3-2-4-8-15)23-17-10-6-5-9-16(17)20-21-23/h2-10,18,24H,11-14H2,1H3. The summed E-state index contributed by atoms with van der Waals surface area (Å²) in [5.41, 5.74) is 2.05. The average Bonchev–Trinajstić information content (AvgIpc) is 3.03. The SMILES string of the molecule is CN1CCC(O)(C(c2ccccc2)n2nnc3ccccc32)CC1. The molecule has 1 atom stereocenters. The van der Waals surface area contributed by atoms with Gasteiger partial charge in [0.15, 0.2) is 0 Å². The van der Waals surface area contributed by atoms with Gasteiger partial charge in [0.1, 0.15) is 11.6 Å². The number of nitrogens with zero attached hydrogens (tertiary/aromatic N) is 4. The fourth-order valence-electron chi connectivity index (χ4n) is 3.67. The van der Waals surface area contributed by atoms with Crippen LogP contribution in [0.4, 0.5) is 0 Å². The highest BCUT2D eigenvalue weighted by molar-refractivity contribution is 5.74. The molecule has 1 unspecified atom stereocenters. The summed E-state index contributed by atoms with van der Waals surface area (Å²) in [4.78, 5) is 2.26. The van der Waals surface area contributed by atoms with Gasteiger partial charge < -0.3 is 10.0 Å². The molecule has 0 bridgehead atoms. The fraction of sp³-hybridized carbons (Fsp3) is 0.368. The molecular formula is C19H22N4O. The third-order valence-electron chi connectivity index (χ3n) is 5.10. The molecule has 4 rings (SSSR count). The van der Waals surface area contributed by atoms with E-state index in [-0.39, 0.29) is 6.04 Å². The summed E-state index contributed by atoms with van der Waals surface area (Å²) in [6.07, 6.45) is 1.44. The molecule has 2 heterocycles. The lowest BCUT2D eigenvalue weighted by atomic mass is 9.81. The van der Waals surface area contributed by atoms with Gasteiger partial charge >= 0.3 is 0 Å². The van der Waals surface area contributed by atoms with E-state index in [1.807, 2.05) is 47.1 Å². The third kappa shape index (κ3) is 2.60. The normalized spacial score (nSPS) is 19.4. The number of piperidine rings is 1. The predicted molar refractivity (Wildman–Crippen MR) is 93.8 cm³/mol. The van der Waals surface area contributed by atoms with Gasteiger partial charge in [-0.3, -0.25) is 0 Å². The molecule has 0 radical (unpaired) electrons. The van der Waals surface area contributed by atoms with E-state index in [0.717, 1.165) is 42.5 Å². The maximum atomic E-state index is 11.5. The minimum absolute atomic E-state index is 0.236. The minimum atomic E-state index is -0.829. The number of hydrogen-bond acceptors (Lipinski definition) is 4. The van der Waals surface area contributed by atoms with Crippen molar-refractivity contribution >= 4 is 11.0 Å². The fourth-order valence-corrected chi connectivity index (χ4v) is 3.67. The van der Waals surface area contributed by atoms with E-state index in [1.165, 1.54) is 0 Å². The van der Waals surface area contributed by atoms with Gasteiger partial charge in [-0.15, -0.1) is 5.10 Å². The summed E-state index contributed by atoms with van der Waals surface area (Å²) in [5, 5.41) is 20.2. The summed E-state index contributed by atoms with van der Waals surface area (Å²) in [5.74, 6) is 0. The van der Waals surface area contributed by atoms with Gasteiger partial charge in [-0.05, 0) is 37.6 Å². The molecule has 0 amide bonds. The molecule has 0 saturated carbocycles. The second-order valence-corrected chi connectivity index (χ2v) is 6.74. The molecular weight excluding hydrogens is 300 g/mol. The van der Waals surface area contributed by atoms with Gasteiger partial charge in [0, 0.05) is 13.1 Å². The van der Waals surface area contributed by atoms with Gasteiger partial charge in [-0.2, -0.15) is 0 Å². The van der Waals surface area contributed by atoms with Crippen molar-refractivity contribution in [3.8, 4) is 0 Å². The van der Waals surface area contributed by atoms with Gasteiger partial charge in [-0.25, -0.2) is 4.68 Å². The second-order valence-electron chi connectivity index (χ2n) is 6.74. The maximum absolute atomic E-state index is 11.5. The average molecular weight is 322 g/mol.